The summed E-state index contributed by atoms with van der Waals surface area (Å²) in [5.74, 6) is -1.54. The van der Waals surface area contributed by atoms with Crippen molar-refractivity contribution in [1.82, 2.24) is 4.90 Å². The van der Waals surface area contributed by atoms with Crippen molar-refractivity contribution in [3.8, 4) is 0 Å². The van der Waals surface area contributed by atoms with Gasteiger partial charge in [0.2, 0.25) is 0 Å². The topological polar surface area (TPSA) is 102 Å². The fourth-order valence-electron chi connectivity index (χ4n) is 3.10. The Morgan fingerprint density at radius 1 is 1.31 bits per heavy atom. The van der Waals surface area contributed by atoms with E-state index < -0.39 is 24.1 Å². The van der Waals surface area contributed by atoms with Crippen LogP contribution in [-0.4, -0.2) is 66.6 Å². The fourth-order valence-corrected chi connectivity index (χ4v) is 4.29. The van der Waals surface area contributed by atoms with Crippen LogP contribution in [0.25, 0.3) is 0 Å². The summed E-state index contributed by atoms with van der Waals surface area (Å²) < 4.78 is 14.3. The summed E-state index contributed by atoms with van der Waals surface area (Å²) in [5, 5.41) is 9.50. The molecule has 0 bridgehead atoms. The van der Waals surface area contributed by atoms with Crippen LogP contribution in [0.3, 0.4) is 0 Å². The quantitative estimate of drug-likeness (QED) is 0.386. The number of carboxylic acid groups (broad SMARTS) is 1. The highest BCUT2D eigenvalue weighted by molar-refractivity contribution is 7.99. The fraction of sp³-hybridized carbons (Fsp3) is 0.421. The first kappa shape index (κ1) is 23.1. The Kier molecular flexibility index (Phi) is 8.81. The van der Waals surface area contributed by atoms with Crippen LogP contribution in [0.5, 0.6) is 0 Å². The van der Waals surface area contributed by atoms with Crippen molar-refractivity contribution in [3.63, 3.8) is 0 Å². The van der Waals surface area contributed by atoms with Gasteiger partial charge >= 0.3 is 18.1 Å². The van der Waals surface area contributed by atoms with Crippen molar-refractivity contribution in [3.05, 3.63) is 46.5 Å². The van der Waals surface area contributed by atoms with E-state index in [9.17, 15) is 19.5 Å². The van der Waals surface area contributed by atoms with Crippen LogP contribution in [0.15, 0.2) is 35.9 Å². The van der Waals surface area contributed by atoms with Gasteiger partial charge in [-0.25, -0.2) is 14.4 Å². The van der Waals surface area contributed by atoms with E-state index in [1.165, 1.54) is 26.0 Å². The molecule has 2 atom stereocenters. The molecule has 1 aliphatic rings. The number of esters is 1. The zero-order valence-electron chi connectivity index (χ0n) is 16.0. The third kappa shape index (κ3) is 6.38. The van der Waals surface area contributed by atoms with Crippen LogP contribution in [-0.2, 0) is 23.8 Å². The molecule has 29 heavy (non-hydrogen) atoms. The molecular formula is C19H22ClNO7S. The van der Waals surface area contributed by atoms with E-state index in [4.69, 9.17) is 21.1 Å². The van der Waals surface area contributed by atoms with Crippen molar-refractivity contribution in [2.75, 3.05) is 33.2 Å². The van der Waals surface area contributed by atoms with Gasteiger partial charge in [0.15, 0.2) is 0 Å². The van der Waals surface area contributed by atoms with Gasteiger partial charge in [-0.05, 0) is 23.6 Å². The molecule has 0 radical (unpaired) electrons. The number of thioether (sulfide) groups is 1. The monoisotopic (exact) mass is 443 g/mol. The summed E-state index contributed by atoms with van der Waals surface area (Å²) in [5.41, 5.74) is 1.19. The third-order valence-electron chi connectivity index (χ3n) is 4.39. The Morgan fingerprint density at radius 3 is 2.66 bits per heavy atom. The van der Waals surface area contributed by atoms with Gasteiger partial charge in [0.25, 0.3) is 0 Å². The SMILES string of the molecule is COC(=O)OCS[C@@H]1CCN([C@H](C(=O)OC)c2ccccc2Cl)C/C1=C\C(=O)O. The first-order chi connectivity index (χ1) is 13.9. The van der Waals surface area contributed by atoms with Gasteiger partial charge < -0.3 is 19.3 Å². The second kappa shape index (κ2) is 11.1. The zero-order valence-corrected chi connectivity index (χ0v) is 17.6. The van der Waals surface area contributed by atoms with Crippen molar-refractivity contribution in [2.45, 2.75) is 17.7 Å². The molecule has 0 aliphatic carbocycles. The van der Waals surface area contributed by atoms with E-state index in [0.717, 1.165) is 6.08 Å². The minimum atomic E-state index is -1.09. The molecule has 0 saturated carbocycles. The van der Waals surface area contributed by atoms with Gasteiger partial charge in [-0.2, -0.15) is 0 Å². The van der Waals surface area contributed by atoms with E-state index in [0.29, 0.717) is 29.1 Å². The van der Waals surface area contributed by atoms with Crippen LogP contribution < -0.4 is 0 Å². The summed E-state index contributed by atoms with van der Waals surface area (Å²) in [6.07, 6.45) is 0.873. The number of piperidine rings is 1. The van der Waals surface area contributed by atoms with E-state index in [1.807, 2.05) is 4.90 Å². The molecule has 1 aliphatic heterocycles. The lowest BCUT2D eigenvalue weighted by atomic mass is 9.98. The van der Waals surface area contributed by atoms with Gasteiger partial charge in [-0.1, -0.05) is 29.8 Å². The van der Waals surface area contributed by atoms with Crippen LogP contribution in [0.4, 0.5) is 4.79 Å². The van der Waals surface area contributed by atoms with Crippen LogP contribution in [0.2, 0.25) is 5.02 Å². The maximum absolute atomic E-state index is 12.5. The number of ether oxygens (including phenoxy) is 3. The molecule has 1 fully saturated rings. The van der Waals surface area contributed by atoms with Crippen LogP contribution in [0.1, 0.15) is 18.0 Å². The highest BCUT2D eigenvalue weighted by Gasteiger charge is 2.35. The second-order valence-corrected chi connectivity index (χ2v) is 7.68. The zero-order chi connectivity index (χ0) is 21.4. The predicted molar refractivity (Wildman–Crippen MR) is 108 cm³/mol. The summed E-state index contributed by atoms with van der Waals surface area (Å²) >= 11 is 7.59. The number of nitrogens with zero attached hydrogens (tertiary/aromatic N) is 1. The number of rotatable bonds is 7. The molecule has 158 valence electrons. The first-order valence-corrected chi connectivity index (χ1v) is 10.1. The number of likely N-dealkylation sites (tertiary alicyclic amines) is 1. The van der Waals surface area contributed by atoms with Crippen molar-refractivity contribution < 1.29 is 33.7 Å². The number of hydrogen-bond acceptors (Lipinski definition) is 8. The highest BCUT2D eigenvalue weighted by atomic mass is 35.5. The summed E-state index contributed by atoms with van der Waals surface area (Å²) in [7, 11) is 2.51. The molecule has 0 unspecified atom stereocenters. The highest BCUT2D eigenvalue weighted by Crippen LogP contribution is 2.35. The molecule has 0 amide bonds. The van der Waals surface area contributed by atoms with Crippen molar-refractivity contribution >= 4 is 41.5 Å². The number of hydrogen-bond donors (Lipinski definition) is 1. The standard InChI is InChI=1S/C19H22ClNO7S/c1-26-18(24)17(13-5-3-4-6-14(13)20)21-8-7-15(12(10-21)9-16(22)23)29-11-28-19(25)27-2/h3-6,9,15,17H,7-8,10-11H2,1-2H3,(H,22,23)/b12-9+/t15-,17+/m1/s1. The number of aliphatic carboxylic acids is 1. The van der Waals surface area contributed by atoms with Crippen molar-refractivity contribution in [1.29, 1.82) is 0 Å². The molecule has 0 spiro atoms. The van der Waals surface area contributed by atoms with E-state index >= 15 is 0 Å². The van der Waals surface area contributed by atoms with E-state index in [1.54, 1.807) is 24.3 Å². The summed E-state index contributed by atoms with van der Waals surface area (Å²) in [4.78, 5) is 36.8. The van der Waals surface area contributed by atoms with Gasteiger partial charge in [-0.15, -0.1) is 11.8 Å². The molecule has 2 rings (SSSR count). The molecule has 10 heteroatoms. The Labute approximate surface area is 177 Å². The third-order valence-corrected chi connectivity index (χ3v) is 5.93. The lowest BCUT2D eigenvalue weighted by Crippen LogP contribution is -2.43. The van der Waals surface area contributed by atoms with Crippen LogP contribution in [0, 0.1) is 0 Å². The maximum Gasteiger partial charge on any atom is 0.508 e. The molecular weight excluding hydrogens is 422 g/mol. The number of carbonyl (C=O) groups excluding carboxylic acids is 2. The molecule has 1 saturated heterocycles. The number of halogens is 1. The minimum absolute atomic E-state index is 0.0270. The van der Waals surface area contributed by atoms with Gasteiger partial charge in [0, 0.05) is 29.4 Å². The Balaban J connectivity index is 2.22. The Morgan fingerprint density at radius 2 is 2.03 bits per heavy atom. The number of methoxy groups -OCH3 is 2. The molecule has 1 N–H and O–H groups in total. The summed E-state index contributed by atoms with van der Waals surface area (Å²) in [6.45, 7) is 0.727. The second-order valence-electron chi connectivity index (χ2n) is 6.14. The molecule has 0 aromatic heterocycles. The smallest absolute Gasteiger partial charge is 0.478 e. The minimum Gasteiger partial charge on any atom is -0.478 e. The Bertz CT molecular complexity index is 786. The van der Waals surface area contributed by atoms with Crippen LogP contribution >= 0.6 is 23.4 Å². The maximum atomic E-state index is 12.5. The lowest BCUT2D eigenvalue weighted by molar-refractivity contribution is -0.147. The Hall–Kier alpha value is -2.23. The van der Waals surface area contributed by atoms with Gasteiger partial charge in [0.05, 0.1) is 14.2 Å². The predicted octanol–water partition coefficient (Wildman–Crippen LogP) is 3.11. The molecule has 1 heterocycles. The average Bonchev–Trinajstić information content (AvgIpc) is 2.70. The molecule has 1 aromatic carbocycles. The number of carboxylic acids is 1. The number of carbonyl (C=O) groups is 3. The lowest BCUT2D eigenvalue weighted by Gasteiger charge is -2.37. The van der Waals surface area contributed by atoms with E-state index in [-0.39, 0.29) is 17.7 Å². The first-order valence-electron chi connectivity index (χ1n) is 8.69. The molecule has 1 aromatic rings. The van der Waals surface area contributed by atoms with Crippen molar-refractivity contribution in [2.24, 2.45) is 0 Å². The van der Waals surface area contributed by atoms with Gasteiger partial charge in [-0.3, -0.25) is 4.90 Å². The average molecular weight is 444 g/mol. The normalized spacial score (nSPS) is 19.4. The summed E-state index contributed by atoms with van der Waals surface area (Å²) in [6, 6.07) is 6.21. The molecule has 8 nitrogen and oxygen atoms in total. The largest absolute Gasteiger partial charge is 0.508 e. The van der Waals surface area contributed by atoms with Gasteiger partial charge in [0.1, 0.15) is 12.0 Å². The number of benzene rings is 1. The van der Waals surface area contributed by atoms with E-state index in [2.05, 4.69) is 4.74 Å².